The Hall–Kier alpha value is -5.53. The van der Waals surface area contributed by atoms with Crippen molar-refractivity contribution >= 4 is 0 Å². The summed E-state index contributed by atoms with van der Waals surface area (Å²) in [6.07, 6.45) is 19.1. The molecule has 6 aromatic carbocycles. The molecule has 1 nitrogen and oxygen atoms in total. The molecule has 0 aliphatic heterocycles. The third-order valence-electron chi connectivity index (χ3n) is 20.6. The zero-order valence-corrected chi connectivity index (χ0v) is 47.7. The van der Waals surface area contributed by atoms with Gasteiger partial charge in [-0.05, 0) is 244 Å². The van der Waals surface area contributed by atoms with Gasteiger partial charge < -0.3 is 0 Å². The van der Waals surface area contributed by atoms with Crippen LogP contribution in [0.3, 0.4) is 0 Å². The highest BCUT2D eigenvalue weighted by Crippen LogP contribution is 2.62. The molecule has 0 amide bonds. The Morgan fingerprint density at radius 3 is 1.11 bits per heavy atom. The van der Waals surface area contributed by atoms with E-state index in [2.05, 4.69) is 212 Å². The van der Waals surface area contributed by atoms with Crippen LogP contribution in [0.1, 0.15) is 173 Å². The first-order valence-corrected chi connectivity index (χ1v) is 30.3. The topological polar surface area (TPSA) is 3.88 Å². The Balaban J connectivity index is 1.05. The predicted octanol–water partition coefficient (Wildman–Crippen LogP) is 19.6. The van der Waals surface area contributed by atoms with Gasteiger partial charge in [0.15, 0.2) is 0 Å². The van der Waals surface area contributed by atoms with Crippen molar-refractivity contribution in [1.82, 2.24) is 0 Å². The second-order valence-corrected chi connectivity index (χ2v) is 28.7. The van der Waals surface area contributed by atoms with Gasteiger partial charge in [-0.2, -0.15) is 4.57 Å². The van der Waals surface area contributed by atoms with Crippen LogP contribution in [0, 0.1) is 41.4 Å². The van der Waals surface area contributed by atoms with Crippen LogP contribution in [-0.2, 0) is 34.5 Å². The second kappa shape index (κ2) is 18.8. The lowest BCUT2D eigenvalue weighted by Gasteiger charge is -2.57. The summed E-state index contributed by atoms with van der Waals surface area (Å²) in [4.78, 5) is 0. The lowest BCUT2D eigenvalue weighted by Crippen LogP contribution is -2.48. The zero-order valence-electron chi connectivity index (χ0n) is 47.7. The maximum atomic E-state index is 2.68. The van der Waals surface area contributed by atoms with Gasteiger partial charge in [0.25, 0.3) is 0 Å². The van der Waals surface area contributed by atoms with Gasteiger partial charge in [-0.3, -0.25) is 0 Å². The minimum absolute atomic E-state index is 0.0712. The number of nitrogens with zero attached hydrogens (tertiary/aromatic N) is 1. The summed E-state index contributed by atoms with van der Waals surface area (Å²) in [7, 11) is 0. The van der Waals surface area contributed by atoms with E-state index in [1.54, 1.807) is 11.1 Å². The number of benzene rings is 6. The molecule has 1 heteroatoms. The molecule has 8 aliphatic rings. The molecular weight excluding hydrogens is 915 g/mol. The molecule has 8 fully saturated rings. The van der Waals surface area contributed by atoms with Crippen molar-refractivity contribution in [2.24, 2.45) is 41.4 Å². The van der Waals surface area contributed by atoms with Gasteiger partial charge in [0.1, 0.15) is 0 Å². The highest BCUT2D eigenvalue weighted by molar-refractivity contribution is 5.82. The van der Waals surface area contributed by atoms with Crippen molar-refractivity contribution < 1.29 is 4.57 Å². The minimum Gasteiger partial charge on any atom is -0.153 e. The first-order valence-electron chi connectivity index (χ1n) is 30.3. The average Bonchev–Trinajstić information content (AvgIpc) is 3.42. The molecule has 0 radical (unpaired) electrons. The normalized spacial score (nSPS) is 26.4. The van der Waals surface area contributed by atoms with E-state index < -0.39 is 0 Å². The number of rotatable bonds is 11. The Bertz CT molecular complexity index is 3080. The quantitative estimate of drug-likeness (QED) is 0.114. The van der Waals surface area contributed by atoms with Crippen molar-refractivity contribution in [3.05, 3.63) is 179 Å². The molecule has 8 aliphatic carbocycles. The molecule has 7 aromatic rings. The molecule has 76 heavy (non-hydrogen) atoms. The number of hydrogen-bond donors (Lipinski definition) is 0. The van der Waals surface area contributed by atoms with E-state index in [1.807, 2.05) is 0 Å². The molecule has 390 valence electrons. The SMILES string of the molecule is CCc1c(-c2ccc(CC(C)C)cc2)cc(-[n+]2c(-c3ccc(C45CC6CC(CC(C6)C4)C5)cc3)cc(-c3ccc(C(C)(C)C)cc3)cc2-c2ccc(C34CC5CC(CC(C5)C3)C4)cc2)cc1-c1ccc(C(C)(C)C)cc1. The van der Waals surface area contributed by atoms with Crippen LogP contribution in [-0.4, -0.2) is 0 Å². The second-order valence-electron chi connectivity index (χ2n) is 28.7. The highest BCUT2D eigenvalue weighted by Gasteiger charge is 2.53. The molecule has 0 atom stereocenters. The molecule has 0 unspecified atom stereocenters. The summed E-state index contributed by atoms with van der Waals surface area (Å²) >= 11 is 0. The van der Waals surface area contributed by atoms with Crippen LogP contribution in [0.2, 0.25) is 0 Å². The molecular formula is C75H86N+. The first-order chi connectivity index (χ1) is 36.5. The van der Waals surface area contributed by atoms with Crippen molar-refractivity contribution in [3.8, 4) is 61.6 Å². The fourth-order valence-corrected chi connectivity index (χ4v) is 17.7. The zero-order chi connectivity index (χ0) is 52.3. The van der Waals surface area contributed by atoms with Crippen LogP contribution in [0.5, 0.6) is 0 Å². The molecule has 15 rings (SSSR count). The Morgan fingerprint density at radius 2 is 0.763 bits per heavy atom. The van der Waals surface area contributed by atoms with Gasteiger partial charge in [0, 0.05) is 35.4 Å². The van der Waals surface area contributed by atoms with Crippen LogP contribution >= 0.6 is 0 Å². The average molecular weight is 1000 g/mol. The highest BCUT2D eigenvalue weighted by atomic mass is 15.0. The molecule has 0 saturated heterocycles. The van der Waals surface area contributed by atoms with Crippen LogP contribution in [0.25, 0.3) is 61.6 Å². The largest absolute Gasteiger partial charge is 0.219 e. The molecule has 8 saturated carbocycles. The van der Waals surface area contributed by atoms with Gasteiger partial charge in [0.05, 0.1) is 0 Å². The van der Waals surface area contributed by atoms with Crippen molar-refractivity contribution in [1.29, 1.82) is 0 Å². The van der Waals surface area contributed by atoms with Crippen LogP contribution in [0.15, 0.2) is 146 Å². The van der Waals surface area contributed by atoms with E-state index in [0.717, 1.165) is 48.3 Å². The predicted molar refractivity (Wildman–Crippen MR) is 320 cm³/mol. The van der Waals surface area contributed by atoms with Crippen LogP contribution < -0.4 is 4.57 Å². The summed E-state index contributed by atoms with van der Waals surface area (Å²) in [5.74, 6) is 6.09. The van der Waals surface area contributed by atoms with E-state index in [-0.39, 0.29) is 10.8 Å². The lowest BCUT2D eigenvalue weighted by molar-refractivity contribution is -0.572. The Kier molecular flexibility index (Phi) is 12.4. The summed E-state index contributed by atoms with van der Waals surface area (Å²) in [5, 5.41) is 0. The first kappa shape index (κ1) is 50.0. The summed E-state index contributed by atoms with van der Waals surface area (Å²) in [5.41, 5.74) is 23.6. The third-order valence-corrected chi connectivity index (χ3v) is 20.6. The van der Waals surface area contributed by atoms with Crippen molar-refractivity contribution in [3.63, 3.8) is 0 Å². The van der Waals surface area contributed by atoms with Gasteiger partial charge in [-0.25, -0.2) is 0 Å². The fraction of sp³-hybridized carbons (Fsp3) is 0.453. The van der Waals surface area contributed by atoms with E-state index in [9.17, 15) is 0 Å². The number of pyridine rings is 1. The standard InChI is InChI=1S/C75H86N/c1-10-67-68(57-13-11-49(12-14-57)31-48(2)3)40-66(41-69(67)58-17-25-63(26-18-58)73(7,8)9)76-70(59-19-27-64(28-20-59)74-42-50-32-51(43-74)34-52(33-50)44-74)38-61(56-15-23-62(24-16-56)72(4,5)6)39-71(76)60-21-29-65(30-22-60)75-45-53-35-54(46-75)37-55(36-53)47-75/h11-30,38-41,48,50-55H,10,31-37,42-47H2,1-9H3/q+1. The molecule has 1 heterocycles. The fourth-order valence-electron chi connectivity index (χ4n) is 17.7. The smallest absolute Gasteiger partial charge is 0.153 e. The molecule has 0 N–H and O–H groups in total. The molecule has 0 spiro atoms. The van der Waals surface area contributed by atoms with Crippen molar-refractivity contribution in [2.75, 3.05) is 0 Å². The maximum absolute atomic E-state index is 2.68. The van der Waals surface area contributed by atoms with Gasteiger partial charge >= 0.3 is 0 Å². The van der Waals surface area contributed by atoms with E-state index in [4.69, 9.17) is 0 Å². The monoisotopic (exact) mass is 1000 g/mol. The van der Waals surface area contributed by atoms with E-state index >= 15 is 0 Å². The molecule has 1 aromatic heterocycles. The summed E-state index contributed by atoms with van der Waals surface area (Å²) in [6.45, 7) is 21.0. The summed E-state index contributed by atoms with van der Waals surface area (Å²) < 4.78 is 2.68. The van der Waals surface area contributed by atoms with E-state index in [1.165, 1.54) is 161 Å². The minimum atomic E-state index is 0.0712. The van der Waals surface area contributed by atoms with Gasteiger partial charge in [0.2, 0.25) is 17.1 Å². The Labute approximate surface area is 458 Å². The number of hydrogen-bond acceptors (Lipinski definition) is 0. The van der Waals surface area contributed by atoms with Gasteiger partial charge in [-0.1, -0.05) is 159 Å². The van der Waals surface area contributed by atoms with Crippen LogP contribution in [0.4, 0.5) is 0 Å². The summed E-state index contributed by atoms with van der Waals surface area (Å²) in [6, 6.07) is 59.2. The third kappa shape index (κ3) is 9.16. The Morgan fingerprint density at radius 1 is 0.421 bits per heavy atom. The molecule has 8 bridgehead atoms. The maximum Gasteiger partial charge on any atom is 0.219 e. The van der Waals surface area contributed by atoms with Gasteiger partial charge in [-0.15, -0.1) is 0 Å². The van der Waals surface area contributed by atoms with E-state index in [0.29, 0.717) is 16.7 Å². The van der Waals surface area contributed by atoms with Crippen molar-refractivity contribution in [2.45, 2.75) is 174 Å². The lowest BCUT2D eigenvalue weighted by atomic mass is 9.48. The number of aromatic nitrogens is 1.